The van der Waals surface area contributed by atoms with Crippen LogP contribution in [0.3, 0.4) is 0 Å². The van der Waals surface area contributed by atoms with Gasteiger partial charge in [0.2, 0.25) is 0 Å². The lowest BCUT2D eigenvalue weighted by molar-refractivity contribution is -0.132. The van der Waals surface area contributed by atoms with Crippen LogP contribution in [0.15, 0.2) is 16.6 Å². The zero-order valence-electron chi connectivity index (χ0n) is 6.61. The van der Waals surface area contributed by atoms with Crippen LogP contribution < -0.4 is 4.74 Å². The van der Waals surface area contributed by atoms with Gasteiger partial charge < -0.3 is 4.74 Å². The van der Waals surface area contributed by atoms with Crippen molar-refractivity contribution >= 4 is 33.5 Å². The van der Waals surface area contributed by atoms with Crippen molar-refractivity contribution in [3.05, 3.63) is 27.4 Å². The molecule has 0 radical (unpaired) electrons. The molecule has 0 aliphatic rings. The van der Waals surface area contributed by atoms with Gasteiger partial charge in [-0.05, 0) is 28.1 Å². The summed E-state index contributed by atoms with van der Waals surface area (Å²) in [5.41, 5.74) is 0. The first kappa shape index (κ1) is 10.5. The number of hydrogen-bond donors (Lipinski definition) is 0. The van der Waals surface area contributed by atoms with Crippen molar-refractivity contribution in [1.82, 2.24) is 0 Å². The third kappa shape index (κ3) is 2.42. The Morgan fingerprint density at radius 2 is 2.23 bits per heavy atom. The molecule has 70 valence electrons. The second-order valence-electron chi connectivity index (χ2n) is 2.27. The molecular weight excluding hydrogens is 262 g/mol. The number of carbonyl (C=O) groups is 1. The maximum atomic E-state index is 13.0. The first-order valence-corrected chi connectivity index (χ1v) is 4.51. The molecule has 0 unspecified atom stereocenters. The average molecular weight is 267 g/mol. The lowest BCUT2D eigenvalue weighted by Gasteiger charge is -2.05. The Balaban J connectivity index is 3.17. The van der Waals surface area contributed by atoms with Gasteiger partial charge in [-0.3, -0.25) is 4.79 Å². The highest BCUT2D eigenvalue weighted by Gasteiger charge is 2.13. The SMILES string of the molecule is CC(=O)Oc1c(F)ccc(Cl)c1Br. The van der Waals surface area contributed by atoms with Crippen LogP contribution in [0.25, 0.3) is 0 Å². The lowest BCUT2D eigenvalue weighted by atomic mass is 10.3. The molecule has 0 fully saturated rings. The summed E-state index contributed by atoms with van der Waals surface area (Å²) in [5, 5.41) is 0.289. The van der Waals surface area contributed by atoms with Crippen molar-refractivity contribution in [2.24, 2.45) is 0 Å². The highest BCUT2D eigenvalue weighted by atomic mass is 79.9. The van der Waals surface area contributed by atoms with Crippen LogP contribution in [-0.4, -0.2) is 5.97 Å². The van der Waals surface area contributed by atoms with E-state index in [0.717, 1.165) is 6.07 Å². The molecule has 2 nitrogen and oxygen atoms in total. The van der Waals surface area contributed by atoms with E-state index in [-0.39, 0.29) is 15.2 Å². The molecule has 1 rings (SSSR count). The molecule has 0 heterocycles. The molecule has 0 atom stereocenters. The number of benzene rings is 1. The van der Waals surface area contributed by atoms with E-state index in [9.17, 15) is 9.18 Å². The van der Waals surface area contributed by atoms with Crippen LogP contribution in [-0.2, 0) is 4.79 Å². The molecule has 0 amide bonds. The van der Waals surface area contributed by atoms with Gasteiger partial charge in [0.25, 0.3) is 0 Å². The van der Waals surface area contributed by atoms with Gasteiger partial charge in [-0.15, -0.1) is 0 Å². The van der Waals surface area contributed by atoms with Crippen molar-refractivity contribution in [2.75, 3.05) is 0 Å². The van der Waals surface area contributed by atoms with Gasteiger partial charge in [-0.25, -0.2) is 4.39 Å². The molecule has 5 heteroatoms. The summed E-state index contributed by atoms with van der Waals surface area (Å²) in [6.45, 7) is 1.19. The van der Waals surface area contributed by atoms with Gasteiger partial charge in [0, 0.05) is 6.92 Å². The second-order valence-corrected chi connectivity index (χ2v) is 3.47. The van der Waals surface area contributed by atoms with Crippen LogP contribution in [0.2, 0.25) is 5.02 Å². The van der Waals surface area contributed by atoms with E-state index in [1.54, 1.807) is 0 Å². The van der Waals surface area contributed by atoms with Gasteiger partial charge in [0.05, 0.1) is 9.50 Å². The minimum atomic E-state index is -0.633. The monoisotopic (exact) mass is 266 g/mol. The summed E-state index contributed by atoms with van der Waals surface area (Å²) >= 11 is 8.67. The van der Waals surface area contributed by atoms with E-state index in [0.29, 0.717) is 0 Å². The molecule has 13 heavy (non-hydrogen) atoms. The quantitative estimate of drug-likeness (QED) is 0.444. The predicted molar refractivity (Wildman–Crippen MR) is 50.4 cm³/mol. The molecule has 1 aromatic carbocycles. The molecule has 0 saturated carbocycles. The van der Waals surface area contributed by atoms with Gasteiger partial charge >= 0.3 is 5.97 Å². The summed E-state index contributed by atoms with van der Waals surface area (Å²) < 4.78 is 17.9. The Morgan fingerprint density at radius 3 is 2.77 bits per heavy atom. The van der Waals surface area contributed by atoms with Gasteiger partial charge in [0.1, 0.15) is 0 Å². The normalized spacial score (nSPS) is 9.85. The van der Waals surface area contributed by atoms with Crippen LogP contribution in [0.1, 0.15) is 6.92 Å². The zero-order valence-corrected chi connectivity index (χ0v) is 8.95. The highest BCUT2D eigenvalue weighted by Crippen LogP contribution is 2.34. The molecule has 0 aliphatic carbocycles. The fraction of sp³-hybridized carbons (Fsp3) is 0.125. The van der Waals surface area contributed by atoms with Crippen molar-refractivity contribution in [3.8, 4) is 5.75 Å². The maximum Gasteiger partial charge on any atom is 0.308 e. The number of rotatable bonds is 1. The van der Waals surface area contributed by atoms with Crippen molar-refractivity contribution < 1.29 is 13.9 Å². The summed E-state index contributed by atoms with van der Waals surface area (Å²) in [6, 6.07) is 2.50. The molecular formula is C8H5BrClFO2. The standard InChI is InChI=1S/C8H5BrClFO2/c1-4(12)13-8-6(11)3-2-5(10)7(8)9/h2-3H,1H3. The molecule has 0 saturated heterocycles. The summed E-state index contributed by atoms with van der Waals surface area (Å²) in [6.07, 6.45) is 0. The van der Waals surface area contributed by atoms with E-state index >= 15 is 0 Å². The summed E-state index contributed by atoms with van der Waals surface area (Å²) in [5.74, 6) is -1.41. The molecule has 0 spiro atoms. The second kappa shape index (κ2) is 4.07. The van der Waals surface area contributed by atoms with Gasteiger partial charge in [0.15, 0.2) is 11.6 Å². The number of hydrogen-bond acceptors (Lipinski definition) is 2. The van der Waals surface area contributed by atoms with Gasteiger partial charge in [-0.1, -0.05) is 11.6 Å². The molecule has 0 bridgehead atoms. The van der Waals surface area contributed by atoms with E-state index in [1.165, 1.54) is 13.0 Å². The third-order valence-corrected chi connectivity index (χ3v) is 2.58. The highest BCUT2D eigenvalue weighted by molar-refractivity contribution is 9.10. The third-order valence-electron chi connectivity index (χ3n) is 1.25. The van der Waals surface area contributed by atoms with Crippen molar-refractivity contribution in [2.45, 2.75) is 6.92 Å². The van der Waals surface area contributed by atoms with Gasteiger partial charge in [-0.2, -0.15) is 0 Å². The van der Waals surface area contributed by atoms with Crippen LogP contribution in [0.5, 0.6) is 5.75 Å². The predicted octanol–water partition coefficient (Wildman–Crippen LogP) is 3.17. The number of ether oxygens (including phenoxy) is 1. The van der Waals surface area contributed by atoms with E-state index in [4.69, 9.17) is 11.6 Å². The Hall–Kier alpha value is -0.610. The minimum Gasteiger partial charge on any atom is -0.422 e. The fourth-order valence-corrected chi connectivity index (χ4v) is 1.30. The van der Waals surface area contributed by atoms with E-state index in [1.807, 2.05) is 0 Å². The van der Waals surface area contributed by atoms with E-state index < -0.39 is 11.8 Å². The maximum absolute atomic E-state index is 13.0. The molecule has 0 aromatic heterocycles. The Morgan fingerprint density at radius 1 is 1.62 bits per heavy atom. The lowest BCUT2D eigenvalue weighted by Crippen LogP contribution is -2.03. The Bertz CT molecular complexity index is 354. The number of carbonyl (C=O) groups excluding carboxylic acids is 1. The topological polar surface area (TPSA) is 26.3 Å². The number of halogens is 3. The molecule has 0 N–H and O–H groups in total. The fourth-order valence-electron chi connectivity index (χ4n) is 0.746. The Kier molecular flexibility index (Phi) is 3.27. The van der Waals surface area contributed by atoms with Crippen LogP contribution in [0.4, 0.5) is 4.39 Å². The van der Waals surface area contributed by atoms with Crippen molar-refractivity contribution in [3.63, 3.8) is 0 Å². The smallest absolute Gasteiger partial charge is 0.308 e. The summed E-state index contributed by atoms with van der Waals surface area (Å²) in [4.78, 5) is 10.6. The largest absolute Gasteiger partial charge is 0.422 e. The average Bonchev–Trinajstić information content (AvgIpc) is 2.05. The Labute approximate surface area is 87.8 Å². The molecule has 1 aromatic rings. The van der Waals surface area contributed by atoms with Crippen LogP contribution >= 0.6 is 27.5 Å². The first-order valence-electron chi connectivity index (χ1n) is 3.34. The number of esters is 1. The van der Waals surface area contributed by atoms with Crippen LogP contribution in [0, 0.1) is 5.82 Å². The van der Waals surface area contributed by atoms with Crippen molar-refractivity contribution in [1.29, 1.82) is 0 Å². The summed E-state index contributed by atoms with van der Waals surface area (Å²) in [7, 11) is 0. The molecule has 0 aliphatic heterocycles. The zero-order chi connectivity index (χ0) is 10.0. The van der Waals surface area contributed by atoms with E-state index in [2.05, 4.69) is 20.7 Å². The minimum absolute atomic E-state index is 0.181. The first-order chi connectivity index (χ1) is 6.02.